The van der Waals surface area contributed by atoms with Gasteiger partial charge in [0.15, 0.2) is 6.61 Å². The van der Waals surface area contributed by atoms with Gasteiger partial charge in [-0.3, -0.25) is 0 Å². The minimum Gasteiger partial charge on any atom is -0.481 e. The molecule has 0 saturated heterocycles. The molecule has 0 spiro atoms. The summed E-state index contributed by atoms with van der Waals surface area (Å²) in [5.41, 5.74) is 2.49. The van der Waals surface area contributed by atoms with Crippen LogP contribution in [0.1, 0.15) is 56.6 Å². The second-order valence-corrected chi connectivity index (χ2v) is 5.81. The van der Waals surface area contributed by atoms with Crippen molar-refractivity contribution >= 4 is 0 Å². The SMILES string of the molecule is CCCCCCCCc1ccc(O[CH]c2ccccc2)cc1. The fourth-order valence-electron chi connectivity index (χ4n) is 2.51. The molecule has 2 aromatic rings. The first-order valence-electron chi connectivity index (χ1n) is 8.52. The standard InChI is InChI=1S/C21H27O/c1-2-3-4-5-6-8-11-19-14-16-21(17-15-19)22-18-20-12-9-7-10-13-20/h7,9-10,12-18H,2-6,8,11H2,1H3. The average Bonchev–Trinajstić information content (AvgIpc) is 2.58. The van der Waals surface area contributed by atoms with Gasteiger partial charge < -0.3 is 4.74 Å². The van der Waals surface area contributed by atoms with Gasteiger partial charge in [0.2, 0.25) is 0 Å². The minimum absolute atomic E-state index is 0.899. The van der Waals surface area contributed by atoms with E-state index >= 15 is 0 Å². The molecule has 0 unspecified atom stereocenters. The summed E-state index contributed by atoms with van der Waals surface area (Å²) in [6.07, 6.45) is 9.28. The molecule has 0 bridgehead atoms. The van der Waals surface area contributed by atoms with Crippen LogP contribution >= 0.6 is 0 Å². The zero-order valence-corrected chi connectivity index (χ0v) is 13.6. The van der Waals surface area contributed by atoms with E-state index in [2.05, 4.69) is 31.2 Å². The molecule has 1 heteroatoms. The van der Waals surface area contributed by atoms with Gasteiger partial charge in [-0.1, -0.05) is 81.5 Å². The topological polar surface area (TPSA) is 9.23 Å². The minimum atomic E-state index is 0.899. The summed E-state index contributed by atoms with van der Waals surface area (Å²) in [5, 5.41) is 0. The Balaban J connectivity index is 1.67. The van der Waals surface area contributed by atoms with E-state index in [9.17, 15) is 0 Å². The molecule has 0 aliphatic rings. The maximum absolute atomic E-state index is 5.69. The highest BCUT2D eigenvalue weighted by Crippen LogP contribution is 2.17. The molecule has 117 valence electrons. The Morgan fingerprint density at radius 1 is 0.773 bits per heavy atom. The summed E-state index contributed by atoms with van der Waals surface area (Å²) in [6.45, 7) is 4.06. The molecule has 0 aliphatic carbocycles. The lowest BCUT2D eigenvalue weighted by Crippen LogP contribution is -1.92. The van der Waals surface area contributed by atoms with E-state index in [0.717, 1.165) is 11.3 Å². The largest absolute Gasteiger partial charge is 0.481 e. The van der Waals surface area contributed by atoms with Crippen molar-refractivity contribution in [1.82, 2.24) is 0 Å². The highest BCUT2D eigenvalue weighted by atomic mass is 16.5. The lowest BCUT2D eigenvalue weighted by atomic mass is 10.0. The van der Waals surface area contributed by atoms with Crippen molar-refractivity contribution in [1.29, 1.82) is 0 Å². The third kappa shape index (κ3) is 6.34. The summed E-state index contributed by atoms with van der Waals surface area (Å²) in [5.74, 6) is 0.899. The van der Waals surface area contributed by atoms with Crippen LogP contribution in [0.3, 0.4) is 0 Å². The predicted molar refractivity (Wildman–Crippen MR) is 94.0 cm³/mol. The zero-order valence-electron chi connectivity index (χ0n) is 13.6. The summed E-state index contributed by atoms with van der Waals surface area (Å²) >= 11 is 0. The summed E-state index contributed by atoms with van der Waals surface area (Å²) < 4.78 is 5.69. The van der Waals surface area contributed by atoms with Crippen LogP contribution in [0.25, 0.3) is 0 Å². The average molecular weight is 295 g/mol. The number of hydrogen-bond acceptors (Lipinski definition) is 1. The Morgan fingerprint density at radius 2 is 1.45 bits per heavy atom. The van der Waals surface area contributed by atoms with Crippen LogP contribution in [0.4, 0.5) is 0 Å². The van der Waals surface area contributed by atoms with E-state index in [0.29, 0.717) is 0 Å². The molecule has 0 amide bonds. The van der Waals surface area contributed by atoms with Crippen molar-refractivity contribution < 1.29 is 4.74 Å². The maximum Gasteiger partial charge on any atom is 0.165 e. The van der Waals surface area contributed by atoms with Crippen LogP contribution in [0.15, 0.2) is 54.6 Å². The van der Waals surface area contributed by atoms with E-state index in [-0.39, 0.29) is 0 Å². The molecule has 0 aromatic heterocycles. The van der Waals surface area contributed by atoms with Gasteiger partial charge in [-0.2, -0.15) is 0 Å². The molecule has 0 heterocycles. The zero-order chi connectivity index (χ0) is 15.5. The summed E-state index contributed by atoms with van der Waals surface area (Å²) in [7, 11) is 0. The Morgan fingerprint density at radius 3 is 2.18 bits per heavy atom. The number of ether oxygens (including phenoxy) is 1. The van der Waals surface area contributed by atoms with E-state index in [1.807, 2.05) is 30.3 Å². The molecular formula is C21H27O. The summed E-state index contributed by atoms with van der Waals surface area (Å²) in [6, 6.07) is 18.6. The van der Waals surface area contributed by atoms with Crippen LogP contribution in [0, 0.1) is 6.61 Å². The van der Waals surface area contributed by atoms with Crippen LogP contribution in [-0.4, -0.2) is 0 Å². The fourth-order valence-corrected chi connectivity index (χ4v) is 2.51. The Kier molecular flexibility index (Phi) is 7.59. The summed E-state index contributed by atoms with van der Waals surface area (Å²) in [4.78, 5) is 0. The first kappa shape index (κ1) is 16.6. The van der Waals surface area contributed by atoms with E-state index in [1.165, 1.54) is 50.5 Å². The van der Waals surface area contributed by atoms with Gasteiger partial charge in [0.05, 0.1) is 0 Å². The van der Waals surface area contributed by atoms with Crippen molar-refractivity contribution in [2.24, 2.45) is 0 Å². The Bertz CT molecular complexity index is 501. The highest BCUT2D eigenvalue weighted by Gasteiger charge is 1.98. The molecule has 0 N–H and O–H groups in total. The van der Waals surface area contributed by atoms with Gasteiger partial charge in [0.1, 0.15) is 5.75 Å². The van der Waals surface area contributed by atoms with Crippen LogP contribution in [0.2, 0.25) is 0 Å². The molecule has 0 atom stereocenters. The second-order valence-electron chi connectivity index (χ2n) is 5.81. The number of unbranched alkanes of at least 4 members (excludes halogenated alkanes) is 5. The number of aryl methyl sites for hydroxylation is 1. The van der Waals surface area contributed by atoms with Gasteiger partial charge >= 0.3 is 0 Å². The number of hydrogen-bond donors (Lipinski definition) is 0. The lowest BCUT2D eigenvalue weighted by molar-refractivity contribution is 0.428. The number of benzene rings is 2. The van der Waals surface area contributed by atoms with E-state index in [4.69, 9.17) is 4.74 Å². The highest BCUT2D eigenvalue weighted by molar-refractivity contribution is 5.29. The van der Waals surface area contributed by atoms with Crippen molar-refractivity contribution in [3.63, 3.8) is 0 Å². The molecule has 1 nitrogen and oxygen atoms in total. The van der Waals surface area contributed by atoms with Crippen molar-refractivity contribution in [3.05, 3.63) is 72.3 Å². The van der Waals surface area contributed by atoms with Gasteiger partial charge in [-0.05, 0) is 36.1 Å². The quantitative estimate of drug-likeness (QED) is 0.476. The molecule has 0 aliphatic heterocycles. The monoisotopic (exact) mass is 295 g/mol. The first-order chi connectivity index (χ1) is 10.9. The molecule has 2 aromatic carbocycles. The molecule has 1 radical (unpaired) electrons. The molecule has 22 heavy (non-hydrogen) atoms. The van der Waals surface area contributed by atoms with E-state index < -0.39 is 0 Å². The van der Waals surface area contributed by atoms with Crippen LogP contribution in [-0.2, 0) is 6.42 Å². The van der Waals surface area contributed by atoms with Gasteiger partial charge in [0.25, 0.3) is 0 Å². The van der Waals surface area contributed by atoms with Crippen molar-refractivity contribution in [2.45, 2.75) is 51.9 Å². The van der Waals surface area contributed by atoms with Gasteiger partial charge in [0, 0.05) is 0 Å². The molecular weight excluding hydrogens is 268 g/mol. The fraction of sp³-hybridized carbons (Fsp3) is 0.381. The molecule has 0 fully saturated rings. The van der Waals surface area contributed by atoms with Gasteiger partial charge in [-0.25, -0.2) is 0 Å². The normalized spacial score (nSPS) is 10.6. The third-order valence-corrected chi connectivity index (χ3v) is 3.87. The van der Waals surface area contributed by atoms with Gasteiger partial charge in [-0.15, -0.1) is 0 Å². The molecule has 2 rings (SSSR count). The molecule has 0 saturated carbocycles. The second kappa shape index (κ2) is 10.0. The predicted octanol–water partition coefficient (Wildman–Crippen LogP) is 6.18. The first-order valence-corrected chi connectivity index (χ1v) is 8.52. The van der Waals surface area contributed by atoms with Crippen molar-refractivity contribution in [3.8, 4) is 5.75 Å². The Hall–Kier alpha value is -1.76. The van der Waals surface area contributed by atoms with E-state index in [1.54, 1.807) is 6.61 Å². The smallest absolute Gasteiger partial charge is 0.165 e. The van der Waals surface area contributed by atoms with Crippen LogP contribution < -0.4 is 4.74 Å². The van der Waals surface area contributed by atoms with Crippen LogP contribution in [0.5, 0.6) is 5.75 Å². The van der Waals surface area contributed by atoms with Crippen molar-refractivity contribution in [2.75, 3.05) is 0 Å². The third-order valence-electron chi connectivity index (χ3n) is 3.87. The number of rotatable bonds is 10. The lowest BCUT2D eigenvalue weighted by Gasteiger charge is -2.07. The Labute approximate surface area is 135 Å². The maximum atomic E-state index is 5.69.